The van der Waals surface area contributed by atoms with E-state index in [1.54, 1.807) is 0 Å². The molecule has 100 valence electrons. The Morgan fingerprint density at radius 3 is 2.65 bits per heavy atom. The Kier molecular flexibility index (Phi) is 4.83. The van der Waals surface area contributed by atoms with Crippen molar-refractivity contribution in [2.75, 3.05) is 32.8 Å². The van der Waals surface area contributed by atoms with Crippen LogP contribution < -0.4 is 10.6 Å². The summed E-state index contributed by atoms with van der Waals surface area (Å²) in [6.07, 6.45) is 5.43. The minimum Gasteiger partial charge on any atom is -0.378 e. The summed E-state index contributed by atoms with van der Waals surface area (Å²) >= 11 is 0. The summed E-state index contributed by atoms with van der Waals surface area (Å²) in [5.74, 6) is 0.910. The van der Waals surface area contributed by atoms with Crippen LogP contribution in [0.3, 0.4) is 0 Å². The topological polar surface area (TPSA) is 33.3 Å². The van der Waals surface area contributed by atoms with Crippen LogP contribution in [0.4, 0.5) is 0 Å². The maximum Gasteiger partial charge on any atom is 0.0599 e. The van der Waals surface area contributed by atoms with Crippen LogP contribution >= 0.6 is 0 Å². The van der Waals surface area contributed by atoms with Crippen molar-refractivity contribution in [1.82, 2.24) is 10.6 Å². The fourth-order valence-electron chi connectivity index (χ4n) is 2.61. The van der Waals surface area contributed by atoms with Gasteiger partial charge in [0.05, 0.1) is 6.10 Å². The molecule has 1 aliphatic heterocycles. The Balaban J connectivity index is 1.39. The summed E-state index contributed by atoms with van der Waals surface area (Å²) < 4.78 is 5.87. The molecular formula is C14H28N2O. The van der Waals surface area contributed by atoms with Crippen molar-refractivity contribution >= 4 is 0 Å². The van der Waals surface area contributed by atoms with Gasteiger partial charge in [-0.25, -0.2) is 0 Å². The molecule has 1 aliphatic carbocycles. The van der Waals surface area contributed by atoms with E-state index in [1.165, 1.54) is 25.8 Å². The van der Waals surface area contributed by atoms with E-state index >= 15 is 0 Å². The highest BCUT2D eigenvalue weighted by Crippen LogP contribution is 2.50. The summed E-state index contributed by atoms with van der Waals surface area (Å²) in [6.45, 7) is 10.2. The quantitative estimate of drug-likeness (QED) is 0.666. The molecule has 1 atom stereocenters. The molecule has 0 amide bonds. The van der Waals surface area contributed by atoms with E-state index < -0.39 is 0 Å². The van der Waals surface area contributed by atoms with Crippen LogP contribution in [0.2, 0.25) is 0 Å². The lowest BCUT2D eigenvalue weighted by Gasteiger charge is -2.22. The van der Waals surface area contributed by atoms with Crippen molar-refractivity contribution in [3.63, 3.8) is 0 Å². The molecule has 17 heavy (non-hydrogen) atoms. The third-order valence-corrected chi connectivity index (χ3v) is 4.25. The lowest BCUT2D eigenvalue weighted by Crippen LogP contribution is -2.33. The molecule has 0 aromatic rings. The van der Waals surface area contributed by atoms with Crippen molar-refractivity contribution in [3.05, 3.63) is 0 Å². The predicted molar refractivity (Wildman–Crippen MR) is 71.2 cm³/mol. The summed E-state index contributed by atoms with van der Waals surface area (Å²) in [5, 5.41) is 6.91. The lowest BCUT2D eigenvalue weighted by atomic mass is 10.1. The number of ether oxygens (including phenoxy) is 1. The predicted octanol–water partition coefficient (Wildman–Crippen LogP) is 1.78. The Hall–Kier alpha value is -0.120. The average molecular weight is 240 g/mol. The van der Waals surface area contributed by atoms with E-state index in [2.05, 4.69) is 24.5 Å². The molecule has 0 aromatic heterocycles. The number of piperidine rings is 1. The van der Waals surface area contributed by atoms with E-state index in [0.717, 1.165) is 38.6 Å². The van der Waals surface area contributed by atoms with Gasteiger partial charge in [0, 0.05) is 6.61 Å². The average Bonchev–Trinajstić information content (AvgIpc) is 2.93. The van der Waals surface area contributed by atoms with Gasteiger partial charge < -0.3 is 15.4 Å². The Morgan fingerprint density at radius 2 is 2.00 bits per heavy atom. The molecule has 3 heteroatoms. The highest BCUT2D eigenvalue weighted by Gasteiger charge is 2.44. The van der Waals surface area contributed by atoms with Crippen molar-refractivity contribution < 1.29 is 4.74 Å². The SMILES string of the molecule is CC1(C)CC1CNCCCOC1CCNCC1. The largest absolute Gasteiger partial charge is 0.378 e. The summed E-state index contributed by atoms with van der Waals surface area (Å²) in [5.41, 5.74) is 0.610. The maximum atomic E-state index is 5.87. The van der Waals surface area contributed by atoms with Crippen LogP contribution in [-0.4, -0.2) is 38.9 Å². The van der Waals surface area contributed by atoms with Crippen LogP contribution in [-0.2, 0) is 4.74 Å². The van der Waals surface area contributed by atoms with Gasteiger partial charge in [0.25, 0.3) is 0 Å². The number of nitrogens with one attached hydrogen (secondary N) is 2. The van der Waals surface area contributed by atoms with Crippen LogP contribution in [0.25, 0.3) is 0 Å². The van der Waals surface area contributed by atoms with E-state index in [4.69, 9.17) is 4.74 Å². The molecule has 0 aromatic carbocycles. The normalized spacial score (nSPS) is 28.2. The first-order chi connectivity index (χ1) is 8.18. The fourth-order valence-corrected chi connectivity index (χ4v) is 2.61. The summed E-state index contributed by atoms with van der Waals surface area (Å²) in [6, 6.07) is 0. The second kappa shape index (κ2) is 6.17. The fraction of sp³-hybridized carbons (Fsp3) is 1.00. The zero-order chi connectivity index (χ0) is 12.1. The molecule has 3 nitrogen and oxygen atoms in total. The zero-order valence-corrected chi connectivity index (χ0v) is 11.4. The molecule has 0 radical (unpaired) electrons. The van der Waals surface area contributed by atoms with Crippen molar-refractivity contribution in [2.45, 2.75) is 45.6 Å². The van der Waals surface area contributed by atoms with E-state index in [0.29, 0.717) is 11.5 Å². The van der Waals surface area contributed by atoms with Gasteiger partial charge >= 0.3 is 0 Å². The molecular weight excluding hydrogens is 212 g/mol. The minimum absolute atomic E-state index is 0.513. The maximum absolute atomic E-state index is 5.87. The first-order valence-electron chi connectivity index (χ1n) is 7.21. The Bertz CT molecular complexity index is 224. The van der Waals surface area contributed by atoms with Gasteiger partial charge in [0.15, 0.2) is 0 Å². The van der Waals surface area contributed by atoms with E-state index in [1.807, 2.05) is 0 Å². The molecule has 2 fully saturated rings. The highest BCUT2D eigenvalue weighted by molar-refractivity contribution is 4.95. The first kappa shape index (κ1) is 13.3. The third kappa shape index (κ3) is 4.57. The standard InChI is InChI=1S/C14H28N2O/c1-14(2)10-12(14)11-16-6-3-9-17-13-4-7-15-8-5-13/h12-13,15-16H,3-11H2,1-2H3. The third-order valence-electron chi connectivity index (χ3n) is 4.25. The Morgan fingerprint density at radius 1 is 1.29 bits per heavy atom. The molecule has 1 heterocycles. The molecule has 2 rings (SSSR count). The molecule has 1 unspecified atom stereocenters. The molecule has 2 N–H and O–H groups in total. The van der Waals surface area contributed by atoms with Crippen LogP contribution in [0.1, 0.15) is 39.5 Å². The van der Waals surface area contributed by atoms with Crippen LogP contribution in [0.15, 0.2) is 0 Å². The van der Waals surface area contributed by atoms with Gasteiger partial charge in [-0.15, -0.1) is 0 Å². The van der Waals surface area contributed by atoms with Crippen molar-refractivity contribution in [1.29, 1.82) is 0 Å². The lowest BCUT2D eigenvalue weighted by molar-refractivity contribution is 0.0317. The molecule has 1 saturated heterocycles. The van der Waals surface area contributed by atoms with Gasteiger partial charge in [-0.05, 0) is 63.2 Å². The minimum atomic E-state index is 0.513. The summed E-state index contributed by atoms with van der Waals surface area (Å²) in [7, 11) is 0. The molecule has 0 bridgehead atoms. The van der Waals surface area contributed by atoms with Gasteiger partial charge in [-0.3, -0.25) is 0 Å². The molecule has 2 aliphatic rings. The van der Waals surface area contributed by atoms with E-state index in [9.17, 15) is 0 Å². The van der Waals surface area contributed by atoms with E-state index in [-0.39, 0.29) is 0 Å². The smallest absolute Gasteiger partial charge is 0.0599 e. The zero-order valence-electron chi connectivity index (χ0n) is 11.4. The van der Waals surface area contributed by atoms with Gasteiger partial charge in [-0.2, -0.15) is 0 Å². The van der Waals surface area contributed by atoms with Crippen LogP contribution in [0, 0.1) is 11.3 Å². The first-order valence-corrected chi connectivity index (χ1v) is 7.21. The van der Waals surface area contributed by atoms with Crippen LogP contribution in [0.5, 0.6) is 0 Å². The van der Waals surface area contributed by atoms with Gasteiger partial charge in [-0.1, -0.05) is 13.8 Å². The van der Waals surface area contributed by atoms with Gasteiger partial charge in [0.1, 0.15) is 0 Å². The van der Waals surface area contributed by atoms with Crippen molar-refractivity contribution in [3.8, 4) is 0 Å². The van der Waals surface area contributed by atoms with Gasteiger partial charge in [0.2, 0.25) is 0 Å². The number of hydrogen-bond donors (Lipinski definition) is 2. The van der Waals surface area contributed by atoms with Crippen molar-refractivity contribution in [2.24, 2.45) is 11.3 Å². The Labute approximate surface area is 106 Å². The number of hydrogen-bond acceptors (Lipinski definition) is 3. The second-order valence-electron chi connectivity index (χ2n) is 6.27. The highest BCUT2D eigenvalue weighted by atomic mass is 16.5. The second-order valence-corrected chi connectivity index (χ2v) is 6.27. The number of rotatable bonds is 7. The monoisotopic (exact) mass is 240 g/mol. The molecule has 1 saturated carbocycles. The summed E-state index contributed by atoms with van der Waals surface area (Å²) in [4.78, 5) is 0. The molecule has 0 spiro atoms.